The van der Waals surface area contributed by atoms with Crippen molar-refractivity contribution in [3.8, 4) is 0 Å². The van der Waals surface area contributed by atoms with E-state index in [1.807, 2.05) is 0 Å². The van der Waals surface area contributed by atoms with Gasteiger partial charge in [-0.2, -0.15) is 0 Å². The smallest absolute Gasteiger partial charge is 0.0433 e. The fourth-order valence-corrected chi connectivity index (χ4v) is 0.537. The molecule has 1 heteroatoms. The zero-order valence-electron chi connectivity index (χ0n) is 6.02. The van der Waals surface area contributed by atoms with Gasteiger partial charge in [-0.25, -0.2) is 0 Å². The van der Waals surface area contributed by atoms with Gasteiger partial charge in [0, 0.05) is 6.61 Å². The van der Waals surface area contributed by atoms with E-state index >= 15 is 0 Å². The Bertz CT molecular complexity index is 50.3. The largest absolute Gasteiger partial charge is 0.396 e. The molecule has 0 aliphatic rings. The topological polar surface area (TPSA) is 20.2 Å². The maximum Gasteiger partial charge on any atom is 0.0433 e. The lowest BCUT2D eigenvalue weighted by Gasteiger charge is -2.12. The summed E-state index contributed by atoms with van der Waals surface area (Å²) >= 11 is 0. The van der Waals surface area contributed by atoms with Gasteiger partial charge in [0.2, 0.25) is 0 Å². The lowest BCUT2D eigenvalue weighted by molar-refractivity contribution is 0.241. The first-order valence-corrected chi connectivity index (χ1v) is 3.29. The Morgan fingerprint density at radius 3 is 1.88 bits per heavy atom. The zero-order valence-corrected chi connectivity index (χ0v) is 6.02. The second-order valence-electron chi connectivity index (χ2n) is 2.73. The monoisotopic (exact) mass is 116 g/mol. The van der Waals surface area contributed by atoms with Crippen molar-refractivity contribution in [2.24, 2.45) is 11.8 Å². The van der Waals surface area contributed by atoms with Crippen molar-refractivity contribution in [2.75, 3.05) is 6.61 Å². The molecule has 0 rings (SSSR count). The van der Waals surface area contributed by atoms with Crippen molar-refractivity contribution >= 4 is 0 Å². The van der Waals surface area contributed by atoms with E-state index in [1.165, 1.54) is 0 Å². The minimum Gasteiger partial charge on any atom is -0.396 e. The Balaban J connectivity index is 3.17. The number of rotatable bonds is 3. The van der Waals surface area contributed by atoms with Crippen LogP contribution < -0.4 is 0 Å². The molecule has 0 bridgehead atoms. The molecule has 0 aliphatic heterocycles. The Kier molecular flexibility index (Phi) is 3.88. The van der Waals surface area contributed by atoms with E-state index in [-0.39, 0.29) is 0 Å². The van der Waals surface area contributed by atoms with Gasteiger partial charge in [-0.1, -0.05) is 20.8 Å². The second-order valence-corrected chi connectivity index (χ2v) is 2.73. The van der Waals surface area contributed by atoms with Crippen LogP contribution in [0.1, 0.15) is 27.2 Å². The van der Waals surface area contributed by atoms with Crippen LogP contribution in [0.2, 0.25) is 0 Å². The van der Waals surface area contributed by atoms with Gasteiger partial charge in [0.05, 0.1) is 0 Å². The van der Waals surface area contributed by atoms with Crippen LogP contribution in [0.25, 0.3) is 0 Å². The van der Waals surface area contributed by atoms with Crippen molar-refractivity contribution < 1.29 is 5.11 Å². The third kappa shape index (κ3) is 3.03. The molecule has 0 radical (unpaired) electrons. The first kappa shape index (κ1) is 7.96. The van der Waals surface area contributed by atoms with Crippen LogP contribution in [-0.4, -0.2) is 11.7 Å². The highest BCUT2D eigenvalue weighted by Gasteiger charge is 2.04. The molecule has 1 nitrogen and oxygen atoms in total. The number of hydrogen-bond acceptors (Lipinski definition) is 1. The molecule has 0 saturated heterocycles. The minimum atomic E-state index is 0.333. The Labute approximate surface area is 51.7 Å². The van der Waals surface area contributed by atoms with Gasteiger partial charge in [-0.15, -0.1) is 0 Å². The van der Waals surface area contributed by atoms with Crippen molar-refractivity contribution in [2.45, 2.75) is 27.2 Å². The van der Waals surface area contributed by atoms with E-state index in [0.717, 1.165) is 6.42 Å². The summed E-state index contributed by atoms with van der Waals surface area (Å²) in [6, 6.07) is 0. The lowest BCUT2D eigenvalue weighted by atomic mass is 9.95. The fraction of sp³-hybridized carbons (Fsp3) is 1.00. The predicted molar refractivity (Wildman–Crippen MR) is 35.7 cm³/mol. The maximum atomic E-state index is 8.49. The van der Waals surface area contributed by atoms with E-state index in [9.17, 15) is 0 Å². The van der Waals surface area contributed by atoms with Gasteiger partial charge < -0.3 is 5.11 Å². The molecule has 0 saturated carbocycles. The van der Waals surface area contributed by atoms with Crippen molar-refractivity contribution in [1.29, 1.82) is 0 Å². The molecule has 0 fully saturated rings. The van der Waals surface area contributed by atoms with Crippen LogP contribution in [-0.2, 0) is 0 Å². The van der Waals surface area contributed by atoms with E-state index < -0.39 is 0 Å². The zero-order chi connectivity index (χ0) is 6.57. The third-order valence-corrected chi connectivity index (χ3v) is 1.72. The van der Waals surface area contributed by atoms with Crippen molar-refractivity contribution in [3.63, 3.8) is 0 Å². The predicted octanol–water partition coefficient (Wildman–Crippen LogP) is 1.66. The number of aliphatic hydroxyl groups is 1. The summed E-state index contributed by atoms with van der Waals surface area (Å²) in [5.74, 6) is 1.38. The highest BCUT2D eigenvalue weighted by Crippen LogP contribution is 2.12. The van der Waals surface area contributed by atoms with E-state index in [0.29, 0.717) is 18.4 Å². The summed E-state index contributed by atoms with van der Waals surface area (Å²) in [4.78, 5) is 0. The molecule has 0 aliphatic carbocycles. The number of hydrogen-bond donors (Lipinski definition) is 1. The normalized spacial score (nSPS) is 14.6. The molecule has 0 aromatic heterocycles. The van der Waals surface area contributed by atoms with Gasteiger partial charge >= 0.3 is 0 Å². The Morgan fingerprint density at radius 2 is 1.75 bits per heavy atom. The number of aliphatic hydroxyl groups excluding tert-OH is 1. The average molecular weight is 116 g/mol. The second kappa shape index (κ2) is 3.90. The van der Waals surface area contributed by atoms with Crippen LogP contribution in [0.15, 0.2) is 0 Å². The van der Waals surface area contributed by atoms with Crippen LogP contribution in [0.5, 0.6) is 0 Å². The molecule has 8 heavy (non-hydrogen) atoms. The Morgan fingerprint density at radius 1 is 1.25 bits per heavy atom. The van der Waals surface area contributed by atoms with Crippen molar-refractivity contribution in [1.82, 2.24) is 0 Å². The standard InChI is InChI=1S/C7H16O/c1-6(2)7(3)4-5-8/h6-8H,4-5H2,1-3H3/t7-/m0/s1. The highest BCUT2D eigenvalue weighted by molar-refractivity contribution is 4.54. The molecular weight excluding hydrogens is 100 g/mol. The van der Waals surface area contributed by atoms with E-state index in [4.69, 9.17) is 5.11 Å². The molecular formula is C7H16O. The maximum absolute atomic E-state index is 8.49. The van der Waals surface area contributed by atoms with Crippen molar-refractivity contribution in [3.05, 3.63) is 0 Å². The fourth-order valence-electron chi connectivity index (χ4n) is 0.537. The molecule has 1 N–H and O–H groups in total. The van der Waals surface area contributed by atoms with Crippen LogP contribution in [0, 0.1) is 11.8 Å². The molecule has 0 amide bonds. The SMILES string of the molecule is CC(C)[C@@H](C)CCO. The summed E-state index contributed by atoms with van der Waals surface area (Å²) < 4.78 is 0. The molecule has 0 heterocycles. The first-order valence-electron chi connectivity index (χ1n) is 3.29. The van der Waals surface area contributed by atoms with Crippen LogP contribution in [0.4, 0.5) is 0 Å². The molecule has 0 unspecified atom stereocenters. The molecule has 50 valence electrons. The first-order chi connectivity index (χ1) is 3.68. The molecule has 0 aromatic carbocycles. The summed E-state index contributed by atoms with van der Waals surface area (Å²) in [7, 11) is 0. The summed E-state index contributed by atoms with van der Waals surface area (Å²) in [5.41, 5.74) is 0. The quantitative estimate of drug-likeness (QED) is 0.594. The van der Waals surface area contributed by atoms with Gasteiger partial charge in [0.25, 0.3) is 0 Å². The minimum absolute atomic E-state index is 0.333. The summed E-state index contributed by atoms with van der Waals surface area (Å²) in [6.07, 6.45) is 0.942. The van der Waals surface area contributed by atoms with Gasteiger partial charge in [-0.3, -0.25) is 0 Å². The average Bonchev–Trinajstić information content (AvgIpc) is 1.67. The van der Waals surface area contributed by atoms with Crippen LogP contribution >= 0.6 is 0 Å². The summed E-state index contributed by atoms with van der Waals surface area (Å²) in [6.45, 7) is 6.86. The van der Waals surface area contributed by atoms with E-state index in [1.54, 1.807) is 0 Å². The molecule has 1 atom stereocenters. The lowest BCUT2D eigenvalue weighted by Crippen LogP contribution is -2.05. The highest BCUT2D eigenvalue weighted by atomic mass is 16.3. The van der Waals surface area contributed by atoms with Gasteiger partial charge in [0.15, 0.2) is 0 Å². The van der Waals surface area contributed by atoms with Gasteiger partial charge in [-0.05, 0) is 18.3 Å². The molecule has 0 aromatic rings. The Hall–Kier alpha value is -0.0400. The van der Waals surface area contributed by atoms with Gasteiger partial charge in [0.1, 0.15) is 0 Å². The van der Waals surface area contributed by atoms with Crippen LogP contribution in [0.3, 0.4) is 0 Å². The molecule has 0 spiro atoms. The summed E-state index contributed by atoms with van der Waals surface area (Å²) in [5, 5.41) is 8.49. The van der Waals surface area contributed by atoms with E-state index in [2.05, 4.69) is 20.8 Å². The third-order valence-electron chi connectivity index (χ3n) is 1.72.